The fourth-order valence-corrected chi connectivity index (χ4v) is 2.57. The molecule has 1 aliphatic heterocycles. The van der Waals surface area contributed by atoms with E-state index in [1.54, 1.807) is 0 Å². The average molecular weight is 278 g/mol. The van der Waals surface area contributed by atoms with Gasteiger partial charge in [-0.1, -0.05) is 0 Å². The van der Waals surface area contributed by atoms with Crippen molar-refractivity contribution in [3.63, 3.8) is 0 Å². The fraction of sp³-hybridized carbons (Fsp3) is 0.625. The van der Waals surface area contributed by atoms with Crippen LogP contribution in [0, 0.1) is 0 Å². The maximum Gasteiger partial charge on any atom is 0.144 e. The normalized spacial score (nSPS) is 21.8. The minimum absolute atomic E-state index is 0.0546. The summed E-state index contributed by atoms with van der Waals surface area (Å²) < 4.78 is 11.5. The van der Waals surface area contributed by atoms with Crippen LogP contribution in [0.15, 0.2) is 18.2 Å². The van der Waals surface area contributed by atoms with Crippen molar-refractivity contribution < 1.29 is 9.47 Å². The summed E-state index contributed by atoms with van der Waals surface area (Å²) in [6.45, 7) is 9.07. The van der Waals surface area contributed by atoms with E-state index in [-0.39, 0.29) is 11.7 Å². The van der Waals surface area contributed by atoms with E-state index < -0.39 is 0 Å². The summed E-state index contributed by atoms with van der Waals surface area (Å²) in [5, 5.41) is 3.56. The lowest BCUT2D eigenvalue weighted by Gasteiger charge is -2.36. The standard InChI is InChI=1S/C16H26N2O2/c1-11(2)20-15-9-12(5-6-14(15)17)18-13-7-8-19-16(3,4)10-13/h5-6,9,11,13,18H,7-8,10,17H2,1-4H3. The Bertz CT molecular complexity index is 458. The van der Waals surface area contributed by atoms with Crippen LogP contribution >= 0.6 is 0 Å². The Hall–Kier alpha value is -1.42. The molecule has 1 aromatic carbocycles. The van der Waals surface area contributed by atoms with Gasteiger partial charge in [-0.15, -0.1) is 0 Å². The van der Waals surface area contributed by atoms with Crippen molar-refractivity contribution in [2.75, 3.05) is 17.7 Å². The van der Waals surface area contributed by atoms with Gasteiger partial charge < -0.3 is 20.5 Å². The molecule has 4 heteroatoms. The number of hydrogen-bond donors (Lipinski definition) is 2. The van der Waals surface area contributed by atoms with Crippen molar-refractivity contribution in [3.05, 3.63) is 18.2 Å². The molecule has 3 N–H and O–H groups in total. The molecule has 1 atom stereocenters. The molecule has 1 saturated heterocycles. The van der Waals surface area contributed by atoms with Crippen LogP contribution in [0.3, 0.4) is 0 Å². The Morgan fingerprint density at radius 1 is 1.40 bits per heavy atom. The topological polar surface area (TPSA) is 56.5 Å². The van der Waals surface area contributed by atoms with E-state index in [9.17, 15) is 0 Å². The van der Waals surface area contributed by atoms with Crippen molar-refractivity contribution in [3.8, 4) is 5.75 Å². The van der Waals surface area contributed by atoms with Gasteiger partial charge in [-0.05, 0) is 52.7 Å². The number of nitrogen functional groups attached to an aromatic ring is 1. The van der Waals surface area contributed by atoms with Gasteiger partial charge in [-0.2, -0.15) is 0 Å². The molecule has 20 heavy (non-hydrogen) atoms. The predicted octanol–water partition coefficient (Wildman–Crippen LogP) is 3.43. The first-order valence-electron chi connectivity index (χ1n) is 7.32. The number of ether oxygens (including phenoxy) is 2. The van der Waals surface area contributed by atoms with Crippen molar-refractivity contribution in [2.45, 2.75) is 58.3 Å². The lowest BCUT2D eigenvalue weighted by atomic mass is 9.94. The maximum atomic E-state index is 5.94. The molecule has 0 aromatic heterocycles. The maximum absolute atomic E-state index is 5.94. The van der Waals surface area contributed by atoms with Crippen molar-refractivity contribution in [1.29, 1.82) is 0 Å². The molecular formula is C16H26N2O2. The van der Waals surface area contributed by atoms with Crippen molar-refractivity contribution >= 4 is 11.4 Å². The van der Waals surface area contributed by atoms with Gasteiger partial charge in [0.1, 0.15) is 5.75 Å². The second-order valence-electron chi connectivity index (χ2n) is 6.36. The van der Waals surface area contributed by atoms with Crippen LogP contribution in [0.1, 0.15) is 40.5 Å². The third kappa shape index (κ3) is 4.04. The minimum Gasteiger partial charge on any atom is -0.489 e. The van der Waals surface area contributed by atoms with Gasteiger partial charge in [0.2, 0.25) is 0 Å². The van der Waals surface area contributed by atoms with Crippen LogP contribution < -0.4 is 15.8 Å². The Kier molecular flexibility index (Phi) is 4.43. The summed E-state index contributed by atoms with van der Waals surface area (Å²) in [4.78, 5) is 0. The number of nitrogens with one attached hydrogen (secondary N) is 1. The van der Waals surface area contributed by atoms with Crippen molar-refractivity contribution in [2.24, 2.45) is 0 Å². The highest BCUT2D eigenvalue weighted by Gasteiger charge is 2.28. The molecule has 0 aliphatic carbocycles. The van der Waals surface area contributed by atoms with Crippen LogP contribution in [0.4, 0.5) is 11.4 Å². The molecule has 0 amide bonds. The first-order valence-corrected chi connectivity index (χ1v) is 7.32. The molecular weight excluding hydrogens is 252 g/mol. The molecule has 0 bridgehead atoms. The van der Waals surface area contributed by atoms with E-state index in [1.165, 1.54) is 0 Å². The smallest absolute Gasteiger partial charge is 0.144 e. The van der Waals surface area contributed by atoms with E-state index in [4.69, 9.17) is 15.2 Å². The molecule has 4 nitrogen and oxygen atoms in total. The number of hydrogen-bond acceptors (Lipinski definition) is 4. The SMILES string of the molecule is CC(C)Oc1cc(NC2CCOC(C)(C)C2)ccc1N. The molecule has 2 rings (SSSR count). The van der Waals surface area contributed by atoms with Crippen LogP contribution in [-0.2, 0) is 4.74 Å². The molecule has 0 saturated carbocycles. The summed E-state index contributed by atoms with van der Waals surface area (Å²) in [5.41, 5.74) is 7.62. The summed E-state index contributed by atoms with van der Waals surface area (Å²) in [6.07, 6.45) is 2.14. The summed E-state index contributed by atoms with van der Waals surface area (Å²) >= 11 is 0. The summed E-state index contributed by atoms with van der Waals surface area (Å²) in [6, 6.07) is 6.31. The third-order valence-electron chi connectivity index (χ3n) is 3.44. The number of rotatable bonds is 4. The van der Waals surface area contributed by atoms with Crippen LogP contribution in [-0.4, -0.2) is 24.4 Å². The van der Waals surface area contributed by atoms with Gasteiger partial charge in [0.25, 0.3) is 0 Å². The zero-order chi connectivity index (χ0) is 14.8. The quantitative estimate of drug-likeness (QED) is 0.829. The molecule has 0 spiro atoms. The lowest BCUT2D eigenvalue weighted by Crippen LogP contribution is -2.40. The van der Waals surface area contributed by atoms with Gasteiger partial charge in [0.05, 0.1) is 17.4 Å². The molecule has 1 fully saturated rings. The van der Waals surface area contributed by atoms with Crippen LogP contribution in [0.2, 0.25) is 0 Å². The Balaban J connectivity index is 2.06. The van der Waals surface area contributed by atoms with E-state index in [0.29, 0.717) is 11.7 Å². The van der Waals surface area contributed by atoms with Gasteiger partial charge in [0.15, 0.2) is 0 Å². The second-order valence-corrected chi connectivity index (χ2v) is 6.36. The number of anilines is 2. The number of nitrogens with two attached hydrogens (primary N) is 1. The molecule has 0 radical (unpaired) electrons. The highest BCUT2D eigenvalue weighted by Crippen LogP contribution is 2.30. The molecule has 1 aromatic rings. The zero-order valence-corrected chi connectivity index (χ0v) is 12.9. The van der Waals surface area contributed by atoms with Gasteiger partial charge >= 0.3 is 0 Å². The first kappa shape index (κ1) is 15.0. The third-order valence-corrected chi connectivity index (χ3v) is 3.44. The largest absolute Gasteiger partial charge is 0.489 e. The Labute approximate surface area is 121 Å². The van der Waals surface area contributed by atoms with Crippen molar-refractivity contribution in [1.82, 2.24) is 0 Å². The Morgan fingerprint density at radius 2 is 2.15 bits per heavy atom. The first-order chi connectivity index (χ1) is 9.35. The minimum atomic E-state index is -0.0546. The van der Waals surface area contributed by atoms with E-state index in [1.807, 2.05) is 32.0 Å². The van der Waals surface area contributed by atoms with Gasteiger partial charge in [-0.25, -0.2) is 0 Å². The summed E-state index contributed by atoms with van der Waals surface area (Å²) in [7, 11) is 0. The van der Waals surface area contributed by atoms with Gasteiger partial charge in [0, 0.05) is 24.4 Å². The Morgan fingerprint density at radius 3 is 2.80 bits per heavy atom. The fourth-order valence-electron chi connectivity index (χ4n) is 2.57. The van der Waals surface area contributed by atoms with Gasteiger partial charge in [-0.3, -0.25) is 0 Å². The van der Waals surface area contributed by atoms with Crippen LogP contribution in [0.5, 0.6) is 5.75 Å². The number of benzene rings is 1. The molecule has 1 heterocycles. The van der Waals surface area contributed by atoms with Crippen LogP contribution in [0.25, 0.3) is 0 Å². The van der Waals surface area contributed by atoms with E-state index >= 15 is 0 Å². The van der Waals surface area contributed by atoms with E-state index in [2.05, 4.69) is 19.2 Å². The average Bonchev–Trinajstić information content (AvgIpc) is 2.31. The molecule has 112 valence electrons. The monoisotopic (exact) mass is 278 g/mol. The predicted molar refractivity (Wildman–Crippen MR) is 83.3 cm³/mol. The second kappa shape index (κ2) is 5.92. The lowest BCUT2D eigenvalue weighted by molar-refractivity contribution is -0.0553. The zero-order valence-electron chi connectivity index (χ0n) is 12.9. The molecule has 1 aliphatic rings. The van der Waals surface area contributed by atoms with E-state index in [0.717, 1.165) is 30.9 Å². The molecule has 1 unspecified atom stereocenters. The highest BCUT2D eigenvalue weighted by atomic mass is 16.5. The summed E-state index contributed by atoms with van der Waals surface area (Å²) in [5.74, 6) is 0.747. The highest BCUT2D eigenvalue weighted by molar-refractivity contribution is 5.61.